The van der Waals surface area contributed by atoms with Gasteiger partial charge in [-0.15, -0.1) is 0 Å². The third kappa shape index (κ3) is 3.24. The zero-order chi connectivity index (χ0) is 18.1. The molecule has 1 N–H and O–H groups in total. The second kappa shape index (κ2) is 7.07. The number of ether oxygens (including phenoxy) is 2. The second-order valence-electron chi connectivity index (χ2n) is 5.02. The highest BCUT2D eigenvalue weighted by Gasteiger charge is 2.39. The Hall–Kier alpha value is -2.03. The largest absolute Gasteiger partial charge is 0.466 e. The number of methoxy groups -OCH3 is 2. The van der Waals surface area contributed by atoms with Crippen molar-refractivity contribution in [2.24, 2.45) is 0 Å². The van der Waals surface area contributed by atoms with E-state index in [0.717, 1.165) is 23.1 Å². The lowest BCUT2D eigenvalue weighted by atomic mass is 9.89. The molecule has 0 aliphatic carbocycles. The molecule has 0 bridgehead atoms. The van der Waals surface area contributed by atoms with Crippen LogP contribution in [0.2, 0.25) is 5.02 Å². The molecule has 2 heterocycles. The number of carbonyl (C=O) groups is 2. The molecule has 1 unspecified atom stereocenters. The van der Waals surface area contributed by atoms with Gasteiger partial charge in [0, 0.05) is 5.02 Å². The molecule has 130 valence electrons. The molecule has 1 aromatic carbocycles. The molecule has 3 rings (SSSR count). The number of thioether (sulfide) groups is 1. The molecular weight excluding hydrogens is 386 g/mol. The van der Waals surface area contributed by atoms with Gasteiger partial charge in [0.2, 0.25) is 0 Å². The zero-order valence-corrected chi connectivity index (χ0v) is 15.5. The van der Waals surface area contributed by atoms with Crippen LogP contribution in [0, 0.1) is 0 Å². The number of fused-ring (bicyclic) bond motifs is 1. The van der Waals surface area contributed by atoms with E-state index in [1.54, 1.807) is 24.3 Å². The minimum absolute atomic E-state index is 0.0934. The summed E-state index contributed by atoms with van der Waals surface area (Å²) in [6, 6.07) is 6.85. The van der Waals surface area contributed by atoms with E-state index in [2.05, 4.69) is 4.98 Å². The van der Waals surface area contributed by atoms with Crippen molar-refractivity contribution < 1.29 is 19.1 Å². The summed E-state index contributed by atoms with van der Waals surface area (Å²) in [4.78, 5) is 39.7. The normalized spacial score (nSPS) is 16.4. The van der Waals surface area contributed by atoms with E-state index in [1.807, 2.05) is 0 Å². The first kappa shape index (κ1) is 17.8. The third-order valence-corrected chi connectivity index (χ3v) is 6.07. The fourth-order valence-corrected chi connectivity index (χ4v) is 4.90. The summed E-state index contributed by atoms with van der Waals surface area (Å²) in [6.45, 7) is 0. The number of halogens is 1. The van der Waals surface area contributed by atoms with Crippen molar-refractivity contribution in [1.82, 2.24) is 4.98 Å². The molecular formula is C16H12ClNO5S2. The van der Waals surface area contributed by atoms with Crippen LogP contribution < -0.4 is 4.87 Å². The van der Waals surface area contributed by atoms with E-state index >= 15 is 0 Å². The molecule has 1 aliphatic rings. The quantitative estimate of drug-likeness (QED) is 0.801. The van der Waals surface area contributed by atoms with Gasteiger partial charge < -0.3 is 14.5 Å². The predicted molar refractivity (Wildman–Crippen MR) is 95.1 cm³/mol. The summed E-state index contributed by atoms with van der Waals surface area (Å²) in [7, 11) is 2.47. The summed E-state index contributed by atoms with van der Waals surface area (Å²) in [5.74, 6) is -1.94. The van der Waals surface area contributed by atoms with E-state index in [-0.39, 0.29) is 15.4 Å². The lowest BCUT2D eigenvalue weighted by Gasteiger charge is -2.25. The predicted octanol–water partition coefficient (Wildman–Crippen LogP) is 2.93. The fourth-order valence-electron chi connectivity index (χ4n) is 2.55. The third-order valence-electron chi connectivity index (χ3n) is 3.62. The number of hydrogen-bond acceptors (Lipinski definition) is 7. The summed E-state index contributed by atoms with van der Waals surface area (Å²) in [6.07, 6.45) is 0. The smallest absolute Gasteiger partial charge is 0.345 e. The molecule has 0 saturated heterocycles. The minimum Gasteiger partial charge on any atom is -0.466 e. The van der Waals surface area contributed by atoms with Gasteiger partial charge in [-0.1, -0.05) is 46.8 Å². The molecule has 0 spiro atoms. The van der Waals surface area contributed by atoms with Gasteiger partial charge >= 0.3 is 16.8 Å². The second-order valence-corrected chi connectivity index (χ2v) is 7.49. The molecule has 25 heavy (non-hydrogen) atoms. The van der Waals surface area contributed by atoms with Gasteiger partial charge in [-0.3, -0.25) is 4.79 Å². The summed E-state index contributed by atoms with van der Waals surface area (Å²) in [5.41, 5.74) is 0.854. The number of aromatic nitrogens is 1. The molecule has 0 fully saturated rings. The molecule has 0 saturated carbocycles. The monoisotopic (exact) mass is 397 g/mol. The van der Waals surface area contributed by atoms with Gasteiger partial charge in [-0.2, -0.15) is 0 Å². The van der Waals surface area contributed by atoms with Gasteiger partial charge in [0.1, 0.15) is 4.91 Å². The number of esters is 2. The highest BCUT2D eigenvalue weighted by atomic mass is 35.5. The molecule has 0 radical (unpaired) electrons. The van der Waals surface area contributed by atoms with Gasteiger partial charge in [-0.05, 0) is 17.7 Å². The number of thiazole rings is 1. The van der Waals surface area contributed by atoms with Crippen molar-refractivity contribution in [2.45, 2.75) is 10.9 Å². The van der Waals surface area contributed by atoms with E-state index in [1.165, 1.54) is 14.2 Å². The maximum atomic E-state index is 12.5. The van der Waals surface area contributed by atoms with Crippen LogP contribution in [0.4, 0.5) is 0 Å². The molecule has 1 aliphatic heterocycles. The maximum Gasteiger partial charge on any atom is 0.345 e. The number of aromatic amines is 1. The molecule has 6 nitrogen and oxygen atoms in total. The Morgan fingerprint density at radius 2 is 1.76 bits per heavy atom. The number of carbonyl (C=O) groups excluding carboxylic acids is 2. The highest BCUT2D eigenvalue weighted by Crippen LogP contribution is 2.48. The molecule has 1 atom stereocenters. The standard InChI is InChI=1S/C16H12ClNO5S2/c1-22-14(19)10-9(7-3-5-8(17)6-4-7)11-13(18-16(21)25-11)24-12(10)15(20)23-2/h3-6,9H,1-2H3,(H,18,21). The van der Waals surface area contributed by atoms with E-state index < -0.39 is 17.9 Å². The topological polar surface area (TPSA) is 85.5 Å². The molecule has 9 heteroatoms. The van der Waals surface area contributed by atoms with Crippen LogP contribution in [-0.2, 0) is 19.1 Å². The lowest BCUT2D eigenvalue weighted by molar-refractivity contribution is -0.139. The first-order valence-corrected chi connectivity index (χ1v) is 9.04. The van der Waals surface area contributed by atoms with Crippen LogP contribution in [0.25, 0.3) is 0 Å². The van der Waals surface area contributed by atoms with Crippen LogP contribution in [0.5, 0.6) is 0 Å². The van der Waals surface area contributed by atoms with E-state index in [9.17, 15) is 14.4 Å². The molecule has 2 aromatic rings. The van der Waals surface area contributed by atoms with Crippen LogP contribution >= 0.6 is 34.7 Å². The zero-order valence-electron chi connectivity index (χ0n) is 13.1. The summed E-state index contributed by atoms with van der Waals surface area (Å²) < 4.78 is 9.69. The Bertz CT molecular complexity index is 929. The van der Waals surface area contributed by atoms with E-state index in [0.29, 0.717) is 20.5 Å². The van der Waals surface area contributed by atoms with Crippen molar-refractivity contribution in [3.63, 3.8) is 0 Å². The Labute approximate surface area is 155 Å². The average Bonchev–Trinajstić information content (AvgIpc) is 2.99. The summed E-state index contributed by atoms with van der Waals surface area (Å²) >= 11 is 7.94. The average molecular weight is 398 g/mol. The Kier molecular flexibility index (Phi) is 5.03. The van der Waals surface area contributed by atoms with Crippen molar-refractivity contribution in [3.8, 4) is 0 Å². The van der Waals surface area contributed by atoms with Crippen LogP contribution in [0.15, 0.2) is 44.6 Å². The number of rotatable bonds is 3. The minimum atomic E-state index is -0.665. The number of benzene rings is 1. The van der Waals surface area contributed by atoms with Crippen molar-refractivity contribution in [3.05, 3.63) is 59.9 Å². The van der Waals surface area contributed by atoms with Crippen LogP contribution in [-0.4, -0.2) is 31.1 Å². The van der Waals surface area contributed by atoms with Gasteiger partial charge in [-0.25, -0.2) is 9.59 Å². The van der Waals surface area contributed by atoms with Gasteiger partial charge in [0.05, 0.1) is 35.6 Å². The fraction of sp³-hybridized carbons (Fsp3) is 0.188. The number of H-pyrrole nitrogens is 1. The Morgan fingerprint density at radius 3 is 2.36 bits per heavy atom. The highest BCUT2D eigenvalue weighted by molar-refractivity contribution is 8.04. The summed E-state index contributed by atoms with van der Waals surface area (Å²) in [5, 5.41) is 1.05. The lowest BCUT2D eigenvalue weighted by Crippen LogP contribution is -2.22. The number of nitrogens with one attached hydrogen (secondary N) is 1. The molecule has 1 aromatic heterocycles. The van der Waals surface area contributed by atoms with Gasteiger partial charge in [0.25, 0.3) is 0 Å². The SMILES string of the molecule is COC(=O)C1=C(C(=O)OC)C(c2ccc(Cl)cc2)c2sc(=O)[nH]c2S1. The van der Waals surface area contributed by atoms with Gasteiger partial charge in [0.15, 0.2) is 0 Å². The van der Waals surface area contributed by atoms with Crippen LogP contribution in [0.1, 0.15) is 16.4 Å². The first-order valence-electron chi connectivity index (χ1n) is 7.03. The molecule has 0 amide bonds. The number of hydrogen-bond donors (Lipinski definition) is 1. The first-order chi connectivity index (χ1) is 12.0. The van der Waals surface area contributed by atoms with Crippen molar-refractivity contribution in [1.29, 1.82) is 0 Å². The Balaban J connectivity index is 2.28. The maximum absolute atomic E-state index is 12.5. The van der Waals surface area contributed by atoms with Crippen LogP contribution in [0.3, 0.4) is 0 Å². The van der Waals surface area contributed by atoms with Crippen molar-refractivity contribution in [2.75, 3.05) is 14.2 Å². The van der Waals surface area contributed by atoms with Crippen molar-refractivity contribution >= 4 is 46.6 Å². The van der Waals surface area contributed by atoms with E-state index in [4.69, 9.17) is 21.1 Å². The Morgan fingerprint density at radius 1 is 1.12 bits per heavy atom.